The molecule has 1 aliphatic heterocycles. The van der Waals surface area contributed by atoms with Gasteiger partial charge < -0.3 is 9.64 Å². The first-order valence-corrected chi connectivity index (χ1v) is 8.42. The van der Waals surface area contributed by atoms with Crippen LogP contribution in [-0.2, 0) is 16.1 Å². The van der Waals surface area contributed by atoms with E-state index < -0.39 is 0 Å². The second-order valence-electron chi connectivity index (χ2n) is 6.31. The number of morpholine rings is 1. The maximum atomic E-state index is 12.5. The van der Waals surface area contributed by atoms with E-state index in [1.165, 1.54) is 0 Å². The summed E-state index contributed by atoms with van der Waals surface area (Å²) < 4.78 is 7.83. The molecule has 1 saturated heterocycles. The smallest absolute Gasteiger partial charge is 0.249 e. The predicted molar refractivity (Wildman–Crippen MR) is 90.3 cm³/mol. The maximum absolute atomic E-state index is 12.5. The molecule has 3 rings (SSSR count). The summed E-state index contributed by atoms with van der Waals surface area (Å²) in [7, 11) is 0. The largest absolute Gasteiger partial charge is 0.358 e. The fourth-order valence-corrected chi connectivity index (χ4v) is 3.35. The molecule has 2 heterocycles. The fourth-order valence-electron chi connectivity index (χ4n) is 3.35. The van der Waals surface area contributed by atoms with Crippen molar-refractivity contribution in [3.8, 4) is 0 Å². The van der Waals surface area contributed by atoms with E-state index in [4.69, 9.17) is 4.74 Å². The molecular weight excluding hydrogens is 304 g/mol. The Morgan fingerprint density at radius 1 is 1.29 bits per heavy atom. The molecule has 1 aliphatic rings. The highest BCUT2D eigenvalue weighted by atomic mass is 16.5. The number of nitrogens with zero attached hydrogens (tertiary/aromatic N) is 4. The first-order chi connectivity index (χ1) is 11.5. The van der Waals surface area contributed by atoms with Gasteiger partial charge in [0.1, 0.15) is 18.5 Å². The van der Waals surface area contributed by atoms with E-state index >= 15 is 0 Å². The van der Waals surface area contributed by atoms with Crippen LogP contribution >= 0.6 is 0 Å². The summed E-state index contributed by atoms with van der Waals surface area (Å²) in [6.07, 6.45) is -0.325. The number of aryl methyl sites for hydroxylation is 2. The maximum Gasteiger partial charge on any atom is 0.249 e. The van der Waals surface area contributed by atoms with Crippen LogP contribution in [0.5, 0.6) is 0 Å². The van der Waals surface area contributed by atoms with Gasteiger partial charge in [-0.25, -0.2) is 9.67 Å². The number of carbonyl (C=O) groups is 1. The van der Waals surface area contributed by atoms with Crippen molar-refractivity contribution >= 4 is 5.91 Å². The molecule has 0 unspecified atom stereocenters. The summed E-state index contributed by atoms with van der Waals surface area (Å²) in [5.74, 6) is 1.51. The number of amides is 1. The summed E-state index contributed by atoms with van der Waals surface area (Å²) >= 11 is 0. The fraction of sp³-hybridized carbons (Fsp3) is 0.500. The minimum Gasteiger partial charge on any atom is -0.358 e. The average Bonchev–Trinajstić information content (AvgIpc) is 2.95. The molecule has 0 bridgehead atoms. The van der Waals surface area contributed by atoms with Crippen molar-refractivity contribution < 1.29 is 9.53 Å². The molecule has 1 fully saturated rings. The molecule has 24 heavy (non-hydrogen) atoms. The summed E-state index contributed by atoms with van der Waals surface area (Å²) in [6, 6.07) is 9.89. The van der Waals surface area contributed by atoms with Gasteiger partial charge in [0.05, 0.1) is 6.04 Å². The van der Waals surface area contributed by atoms with Crippen molar-refractivity contribution in [2.24, 2.45) is 0 Å². The van der Waals surface area contributed by atoms with Crippen LogP contribution in [0, 0.1) is 6.92 Å². The van der Waals surface area contributed by atoms with E-state index in [1.54, 1.807) is 0 Å². The number of ether oxygens (including phenoxy) is 1. The lowest BCUT2D eigenvalue weighted by Crippen LogP contribution is -2.49. The molecule has 128 valence electrons. The van der Waals surface area contributed by atoms with Gasteiger partial charge in [0.2, 0.25) is 5.91 Å². The number of carbonyl (C=O) groups excluding carboxylic acids is 1. The molecule has 6 heteroatoms. The van der Waals surface area contributed by atoms with Gasteiger partial charge in [-0.1, -0.05) is 30.3 Å². The van der Waals surface area contributed by atoms with Crippen LogP contribution in [0.4, 0.5) is 0 Å². The number of hydrogen-bond donors (Lipinski definition) is 0. The van der Waals surface area contributed by atoms with E-state index in [-0.39, 0.29) is 30.7 Å². The first-order valence-electron chi connectivity index (χ1n) is 8.42. The zero-order valence-electron chi connectivity index (χ0n) is 14.6. The van der Waals surface area contributed by atoms with Crippen LogP contribution in [0.2, 0.25) is 0 Å². The Hall–Kier alpha value is -2.21. The van der Waals surface area contributed by atoms with Gasteiger partial charge in [-0.15, -0.1) is 0 Å². The third kappa shape index (κ3) is 2.94. The zero-order chi connectivity index (χ0) is 17.3. The topological polar surface area (TPSA) is 60.2 Å². The first kappa shape index (κ1) is 16.6. The SMILES string of the molecule is CCn1nc(C)nc1[C@H]1OCC(=O)N(C(C)C)[C@@H]1c1ccccc1. The molecule has 1 aromatic carbocycles. The van der Waals surface area contributed by atoms with Gasteiger partial charge in [-0.05, 0) is 33.3 Å². The third-order valence-corrected chi connectivity index (χ3v) is 4.32. The van der Waals surface area contributed by atoms with E-state index in [0.29, 0.717) is 6.54 Å². The summed E-state index contributed by atoms with van der Waals surface area (Å²) in [4.78, 5) is 19.0. The molecule has 0 radical (unpaired) electrons. The van der Waals surface area contributed by atoms with Crippen LogP contribution in [0.25, 0.3) is 0 Å². The molecule has 6 nitrogen and oxygen atoms in total. The predicted octanol–water partition coefficient (Wildman–Crippen LogP) is 2.66. The Morgan fingerprint density at radius 2 is 2.00 bits per heavy atom. The van der Waals surface area contributed by atoms with Crippen molar-refractivity contribution in [1.82, 2.24) is 19.7 Å². The van der Waals surface area contributed by atoms with Crippen LogP contribution in [0.3, 0.4) is 0 Å². The molecule has 0 saturated carbocycles. The molecule has 2 atom stereocenters. The summed E-state index contributed by atoms with van der Waals surface area (Å²) in [6.45, 7) is 8.76. The van der Waals surface area contributed by atoms with Gasteiger partial charge in [0.25, 0.3) is 0 Å². The van der Waals surface area contributed by atoms with Gasteiger partial charge in [0.15, 0.2) is 5.82 Å². The van der Waals surface area contributed by atoms with Crippen molar-refractivity contribution in [1.29, 1.82) is 0 Å². The standard InChI is InChI=1S/C18H24N4O2/c1-5-21-18(19-13(4)20-21)17-16(14-9-7-6-8-10-14)22(12(2)3)15(23)11-24-17/h6-10,12,16-17H,5,11H2,1-4H3/t16-,17+/m1/s1. The number of aromatic nitrogens is 3. The van der Waals surface area contributed by atoms with Gasteiger partial charge in [-0.3, -0.25) is 4.79 Å². The molecular formula is C18H24N4O2. The van der Waals surface area contributed by atoms with E-state index in [9.17, 15) is 4.79 Å². The van der Waals surface area contributed by atoms with Gasteiger partial charge in [0, 0.05) is 12.6 Å². The second-order valence-corrected chi connectivity index (χ2v) is 6.31. The normalized spacial score (nSPS) is 21.5. The molecule has 0 N–H and O–H groups in total. The Kier molecular flexibility index (Phi) is 4.66. The van der Waals surface area contributed by atoms with Crippen LogP contribution < -0.4 is 0 Å². The van der Waals surface area contributed by atoms with Crippen molar-refractivity contribution in [2.45, 2.75) is 52.4 Å². The lowest BCUT2D eigenvalue weighted by Gasteiger charge is -2.43. The minimum atomic E-state index is -0.325. The quantitative estimate of drug-likeness (QED) is 0.866. The Labute approximate surface area is 142 Å². The third-order valence-electron chi connectivity index (χ3n) is 4.32. The summed E-state index contributed by atoms with van der Waals surface area (Å²) in [5.41, 5.74) is 1.05. The zero-order valence-corrected chi connectivity index (χ0v) is 14.6. The minimum absolute atomic E-state index is 0.00869. The van der Waals surface area contributed by atoms with Crippen LogP contribution in [-0.4, -0.2) is 38.2 Å². The summed E-state index contributed by atoms with van der Waals surface area (Å²) in [5, 5.41) is 4.44. The molecule has 0 aliphatic carbocycles. The van der Waals surface area contributed by atoms with Crippen LogP contribution in [0.1, 0.15) is 50.1 Å². The number of benzene rings is 1. The van der Waals surface area contributed by atoms with E-state index in [0.717, 1.165) is 17.2 Å². The van der Waals surface area contributed by atoms with Gasteiger partial charge in [-0.2, -0.15) is 5.10 Å². The highest BCUT2D eigenvalue weighted by Gasteiger charge is 2.42. The van der Waals surface area contributed by atoms with Crippen molar-refractivity contribution in [3.63, 3.8) is 0 Å². The van der Waals surface area contributed by atoms with E-state index in [1.807, 2.05) is 67.6 Å². The number of hydrogen-bond acceptors (Lipinski definition) is 4. The monoisotopic (exact) mass is 328 g/mol. The second kappa shape index (κ2) is 6.73. The Morgan fingerprint density at radius 3 is 2.62 bits per heavy atom. The highest BCUT2D eigenvalue weighted by Crippen LogP contribution is 2.40. The van der Waals surface area contributed by atoms with Gasteiger partial charge >= 0.3 is 0 Å². The lowest BCUT2D eigenvalue weighted by molar-refractivity contribution is -0.162. The molecule has 2 aromatic rings. The Balaban J connectivity index is 2.10. The van der Waals surface area contributed by atoms with E-state index in [2.05, 4.69) is 10.1 Å². The molecule has 1 aromatic heterocycles. The molecule has 1 amide bonds. The van der Waals surface area contributed by atoms with Crippen LogP contribution in [0.15, 0.2) is 30.3 Å². The average molecular weight is 328 g/mol. The van der Waals surface area contributed by atoms with Crippen molar-refractivity contribution in [2.75, 3.05) is 6.61 Å². The lowest BCUT2D eigenvalue weighted by atomic mass is 9.96. The number of rotatable bonds is 4. The highest BCUT2D eigenvalue weighted by molar-refractivity contribution is 5.79. The van der Waals surface area contributed by atoms with Crippen molar-refractivity contribution in [3.05, 3.63) is 47.5 Å². The Bertz CT molecular complexity index is 711. The molecule has 0 spiro atoms.